The maximum atomic E-state index is 13.1. The summed E-state index contributed by atoms with van der Waals surface area (Å²) in [5, 5.41) is 0. The van der Waals surface area contributed by atoms with Crippen molar-refractivity contribution < 1.29 is 61.6 Å². The molecule has 0 N–H and O–H groups in total. The molecule has 0 aliphatic carbocycles. The van der Waals surface area contributed by atoms with Crippen LogP contribution in [0.2, 0.25) is 0 Å². The number of ether oxygens (including phenoxy) is 2. The van der Waals surface area contributed by atoms with Gasteiger partial charge in [0.25, 0.3) is 0 Å². The predicted molar refractivity (Wildman–Crippen MR) is 251 cm³/mol. The van der Waals surface area contributed by atoms with Crippen LogP contribution in [0.5, 0.6) is 0 Å². The number of hydrogen-bond acceptors (Lipinski definition) is 7. The van der Waals surface area contributed by atoms with Crippen molar-refractivity contribution in [1.29, 1.82) is 0 Å². The Hall–Kier alpha value is -1.45. The van der Waals surface area contributed by atoms with Gasteiger partial charge in [-0.15, -0.1) is 0 Å². The predicted octanol–water partition coefficient (Wildman–Crippen LogP) is 13.1. The molecule has 0 atom stereocenters. The van der Waals surface area contributed by atoms with Crippen molar-refractivity contribution in [2.45, 2.75) is 250 Å². The van der Waals surface area contributed by atoms with E-state index < -0.39 is 32.5 Å². The van der Waals surface area contributed by atoms with E-state index in [4.69, 9.17) is 9.47 Å². The number of carbonyl (C=O) groups excluding carboxylic acids is 2. The molecule has 0 unspecified atom stereocenters. The first-order valence-electron chi connectivity index (χ1n) is 25.1. The molecule has 0 bridgehead atoms. The van der Waals surface area contributed by atoms with Gasteiger partial charge in [-0.05, 0) is 76.3 Å². The summed E-state index contributed by atoms with van der Waals surface area (Å²) in [7, 11) is -5.03. The van der Waals surface area contributed by atoms with Gasteiger partial charge in [0.05, 0.1) is 29.2 Å². The van der Waals surface area contributed by atoms with Gasteiger partial charge in [-0.25, -0.2) is 18.0 Å². The fraction of sp³-hybridized carbons (Fsp3) is 0.769. The minimum Gasteiger partial charge on any atom is -0.744 e. The zero-order valence-corrected chi connectivity index (χ0v) is 42.5. The van der Waals surface area contributed by atoms with E-state index in [0.29, 0.717) is 12.8 Å². The second-order valence-electron chi connectivity index (χ2n) is 17.1. The van der Waals surface area contributed by atoms with Crippen molar-refractivity contribution >= 4 is 22.1 Å². The normalized spacial score (nSPS) is 11.7. The number of esters is 2. The van der Waals surface area contributed by atoms with Crippen LogP contribution in [-0.2, 0) is 19.6 Å². The van der Waals surface area contributed by atoms with E-state index in [2.05, 4.69) is 38.2 Å². The van der Waals surface area contributed by atoms with Gasteiger partial charge in [-0.2, -0.15) is 0 Å². The zero-order valence-electron chi connectivity index (χ0n) is 39.7. The summed E-state index contributed by atoms with van der Waals surface area (Å²) in [6.07, 6.45) is 53.4. The van der Waals surface area contributed by atoms with Crippen LogP contribution < -0.4 is 29.6 Å². The first kappa shape index (κ1) is 59.5. The van der Waals surface area contributed by atoms with Gasteiger partial charge >= 0.3 is 41.5 Å². The van der Waals surface area contributed by atoms with Crippen LogP contribution in [0, 0.1) is 0 Å². The van der Waals surface area contributed by atoms with Crippen LogP contribution in [-0.4, -0.2) is 38.1 Å². The van der Waals surface area contributed by atoms with E-state index in [0.717, 1.165) is 70.3 Å². The van der Waals surface area contributed by atoms with E-state index >= 15 is 0 Å². The fourth-order valence-electron chi connectivity index (χ4n) is 7.71. The molecule has 346 valence electrons. The Morgan fingerprint density at radius 2 is 0.754 bits per heavy atom. The summed E-state index contributed by atoms with van der Waals surface area (Å²) in [6.45, 7) is 4.76. The molecule has 0 spiro atoms. The third-order valence-electron chi connectivity index (χ3n) is 11.5. The molecule has 0 aliphatic rings. The van der Waals surface area contributed by atoms with E-state index in [1.165, 1.54) is 166 Å². The van der Waals surface area contributed by atoms with Crippen LogP contribution in [0.15, 0.2) is 47.4 Å². The quantitative estimate of drug-likeness (QED) is 0.0211. The van der Waals surface area contributed by atoms with Gasteiger partial charge in [-0.3, -0.25) is 0 Å². The summed E-state index contributed by atoms with van der Waals surface area (Å²) in [4.78, 5) is 25.3. The van der Waals surface area contributed by atoms with Crippen LogP contribution in [0.25, 0.3) is 0 Å². The molecule has 0 aliphatic heterocycles. The number of rotatable bonds is 43. The van der Waals surface area contributed by atoms with E-state index in [9.17, 15) is 22.6 Å². The number of benzene rings is 1. The van der Waals surface area contributed by atoms with E-state index in [-0.39, 0.29) is 48.3 Å². The van der Waals surface area contributed by atoms with Crippen molar-refractivity contribution in [3.63, 3.8) is 0 Å². The molecular formula is C52H89NaO7S. The molecule has 0 radical (unpaired) electrons. The maximum absolute atomic E-state index is 13.1. The molecule has 61 heavy (non-hydrogen) atoms. The average Bonchev–Trinajstić information content (AvgIpc) is 3.24. The molecule has 1 rings (SSSR count). The summed E-state index contributed by atoms with van der Waals surface area (Å²) in [5.41, 5.74) is -0.795. The van der Waals surface area contributed by atoms with Crippen molar-refractivity contribution in [2.24, 2.45) is 0 Å². The molecule has 1 aromatic rings. The van der Waals surface area contributed by atoms with Crippen LogP contribution in [0.3, 0.4) is 0 Å². The fourth-order valence-corrected chi connectivity index (χ4v) is 8.40. The van der Waals surface area contributed by atoms with Gasteiger partial charge in [0.15, 0.2) is 0 Å². The van der Waals surface area contributed by atoms with Gasteiger partial charge in [0, 0.05) is 0 Å². The Bertz CT molecular complexity index is 1340. The molecule has 1 aromatic carbocycles. The third-order valence-corrected chi connectivity index (χ3v) is 12.4. The van der Waals surface area contributed by atoms with Gasteiger partial charge in [-0.1, -0.05) is 211 Å². The molecule has 0 saturated heterocycles. The second-order valence-corrected chi connectivity index (χ2v) is 18.5. The maximum Gasteiger partial charge on any atom is 1.00 e. The SMILES string of the molecule is CCCCCCCCCCCCCC/C=C/CCCCCCOC(=O)c1cccc(S(=O)(=O)[O-])c1C(=O)OCCCCCC/C=C/CCCCCCCCCCCCCC.[Na+]. The van der Waals surface area contributed by atoms with E-state index in [1.54, 1.807) is 0 Å². The molecule has 0 aromatic heterocycles. The Labute approximate surface area is 397 Å². The first-order chi connectivity index (χ1) is 29.3. The molecule has 0 saturated carbocycles. The summed E-state index contributed by atoms with van der Waals surface area (Å²) in [5.74, 6) is -1.83. The zero-order chi connectivity index (χ0) is 43.6. The van der Waals surface area contributed by atoms with E-state index in [1.807, 2.05) is 0 Å². The third kappa shape index (κ3) is 35.6. The number of carbonyl (C=O) groups is 2. The Balaban J connectivity index is 0.0000360. The monoisotopic (exact) mass is 881 g/mol. The largest absolute Gasteiger partial charge is 1.00 e. The van der Waals surface area contributed by atoms with Crippen molar-refractivity contribution in [2.75, 3.05) is 13.2 Å². The summed E-state index contributed by atoms with van der Waals surface area (Å²) in [6, 6.07) is 3.62. The first-order valence-corrected chi connectivity index (χ1v) is 26.5. The van der Waals surface area contributed by atoms with Crippen LogP contribution in [0.1, 0.15) is 266 Å². The molecule has 7 nitrogen and oxygen atoms in total. The Kier molecular flexibility index (Phi) is 42.7. The number of hydrogen-bond donors (Lipinski definition) is 0. The minimum atomic E-state index is -5.03. The van der Waals surface area contributed by atoms with Crippen LogP contribution in [0.4, 0.5) is 0 Å². The molecule has 0 fully saturated rings. The molecule has 9 heteroatoms. The topological polar surface area (TPSA) is 110 Å². The van der Waals surface area contributed by atoms with Gasteiger partial charge in [0.1, 0.15) is 10.1 Å². The van der Waals surface area contributed by atoms with Gasteiger partial charge in [0.2, 0.25) is 0 Å². The molecule has 0 amide bonds. The Morgan fingerprint density at radius 3 is 1.08 bits per heavy atom. The summed E-state index contributed by atoms with van der Waals surface area (Å²) >= 11 is 0. The number of unbranched alkanes of at least 4 members (excludes halogenated alkanes) is 32. The molecule has 0 heterocycles. The van der Waals surface area contributed by atoms with Crippen molar-refractivity contribution in [3.8, 4) is 0 Å². The van der Waals surface area contributed by atoms with Crippen molar-refractivity contribution in [1.82, 2.24) is 0 Å². The second kappa shape index (κ2) is 43.8. The average molecular weight is 881 g/mol. The number of allylic oxidation sites excluding steroid dienone is 4. The van der Waals surface area contributed by atoms with Gasteiger partial charge < -0.3 is 14.0 Å². The van der Waals surface area contributed by atoms with Crippen molar-refractivity contribution in [3.05, 3.63) is 53.6 Å². The summed E-state index contributed by atoms with van der Waals surface area (Å²) < 4.78 is 46.9. The minimum absolute atomic E-state index is 0. The standard InChI is InChI=1S/C52H90O7S.Na/c1-3-5-7-9-11-13-15-17-19-21-23-25-27-29-31-33-35-37-39-41-46-58-51(53)48-44-43-45-49(60(55,56)57)50(48)52(54)59-47-42-40-38-36-34-32-30-28-26-24-22-20-18-16-14-12-10-8-6-4-2;/h29-32,43-45H,3-28,33-42,46-47H2,1-2H3,(H,55,56,57);/q;+1/p-1/b31-29+,32-30+;. The smallest absolute Gasteiger partial charge is 0.744 e. The molecular weight excluding hydrogens is 792 g/mol. The van der Waals surface area contributed by atoms with Crippen LogP contribution >= 0.6 is 0 Å². The Morgan fingerprint density at radius 1 is 0.459 bits per heavy atom.